The van der Waals surface area contributed by atoms with Crippen LogP contribution in [0.3, 0.4) is 0 Å². The van der Waals surface area contributed by atoms with Crippen molar-refractivity contribution in [2.45, 2.75) is 77.4 Å². The standard InChI is InChI=1S/C19H34N4OS/c1-19(2,3)16-14-25-17(23-16)13-22-18(20-4)21-11-8-12-24-15-9-6-5-7-10-15/h14-15H,5-13H2,1-4H3,(H2,20,21,22). The topological polar surface area (TPSA) is 58.5 Å². The SMILES string of the molecule is CN=C(NCCCOC1CCCCC1)NCc1nc(C(C)(C)C)cs1. The number of rotatable bonds is 7. The highest BCUT2D eigenvalue weighted by atomic mass is 32.1. The predicted octanol–water partition coefficient (Wildman–Crippen LogP) is 3.85. The van der Waals surface area contributed by atoms with Crippen molar-refractivity contribution in [1.82, 2.24) is 15.6 Å². The Balaban J connectivity index is 1.61. The van der Waals surface area contributed by atoms with Gasteiger partial charge in [-0.1, -0.05) is 40.0 Å². The summed E-state index contributed by atoms with van der Waals surface area (Å²) in [7, 11) is 1.80. The Kier molecular flexibility index (Phi) is 8.16. The van der Waals surface area contributed by atoms with Gasteiger partial charge in [-0.3, -0.25) is 4.99 Å². The lowest BCUT2D eigenvalue weighted by Crippen LogP contribution is -2.37. The second kappa shape index (κ2) is 10.1. The first kappa shape index (κ1) is 20.2. The molecule has 2 N–H and O–H groups in total. The number of aromatic nitrogens is 1. The highest BCUT2D eigenvalue weighted by Gasteiger charge is 2.17. The molecule has 25 heavy (non-hydrogen) atoms. The third-order valence-corrected chi connectivity index (χ3v) is 5.32. The summed E-state index contributed by atoms with van der Waals surface area (Å²) in [5.74, 6) is 0.824. The number of ether oxygens (including phenoxy) is 1. The van der Waals surface area contributed by atoms with Gasteiger partial charge in [0.1, 0.15) is 5.01 Å². The van der Waals surface area contributed by atoms with Gasteiger partial charge < -0.3 is 15.4 Å². The largest absolute Gasteiger partial charge is 0.378 e. The highest BCUT2D eigenvalue weighted by Crippen LogP contribution is 2.23. The number of aliphatic imine (C=N–C) groups is 1. The van der Waals surface area contributed by atoms with Crippen molar-refractivity contribution >= 4 is 17.3 Å². The van der Waals surface area contributed by atoms with E-state index in [4.69, 9.17) is 9.72 Å². The molecule has 0 atom stereocenters. The fraction of sp³-hybridized carbons (Fsp3) is 0.789. The molecule has 1 aliphatic rings. The second-order valence-electron chi connectivity index (χ2n) is 7.71. The van der Waals surface area contributed by atoms with Crippen LogP contribution >= 0.6 is 11.3 Å². The van der Waals surface area contributed by atoms with E-state index in [2.05, 4.69) is 41.8 Å². The van der Waals surface area contributed by atoms with Crippen LogP contribution in [0.15, 0.2) is 10.4 Å². The van der Waals surface area contributed by atoms with Crippen LogP contribution in [0.1, 0.15) is 70.0 Å². The number of hydrogen-bond acceptors (Lipinski definition) is 4. The molecular weight excluding hydrogens is 332 g/mol. The van der Waals surface area contributed by atoms with Gasteiger partial charge in [0.05, 0.1) is 18.3 Å². The third kappa shape index (κ3) is 7.32. The number of thiazole rings is 1. The summed E-state index contributed by atoms with van der Waals surface area (Å²) in [6.45, 7) is 8.98. The van der Waals surface area contributed by atoms with E-state index < -0.39 is 0 Å². The van der Waals surface area contributed by atoms with Crippen LogP contribution in [0.2, 0.25) is 0 Å². The van der Waals surface area contributed by atoms with Crippen LogP contribution in [0, 0.1) is 0 Å². The molecule has 1 aliphatic carbocycles. The zero-order chi connectivity index (χ0) is 18.1. The van der Waals surface area contributed by atoms with Crippen LogP contribution in [-0.2, 0) is 16.7 Å². The van der Waals surface area contributed by atoms with Gasteiger partial charge in [-0.05, 0) is 19.3 Å². The second-order valence-corrected chi connectivity index (χ2v) is 8.66. The number of guanidine groups is 1. The molecule has 5 nitrogen and oxygen atoms in total. The Bertz CT molecular complexity index is 530. The summed E-state index contributed by atoms with van der Waals surface area (Å²) in [5, 5.41) is 9.93. The van der Waals surface area contributed by atoms with Gasteiger partial charge in [-0.25, -0.2) is 4.98 Å². The predicted molar refractivity (Wildman–Crippen MR) is 106 cm³/mol. The molecule has 0 aliphatic heterocycles. The van der Waals surface area contributed by atoms with Crippen molar-refractivity contribution < 1.29 is 4.74 Å². The van der Waals surface area contributed by atoms with Crippen molar-refractivity contribution in [3.63, 3.8) is 0 Å². The average molecular weight is 367 g/mol. The first-order chi connectivity index (χ1) is 12.0. The average Bonchev–Trinajstić information content (AvgIpc) is 3.07. The van der Waals surface area contributed by atoms with E-state index in [0.717, 1.165) is 36.2 Å². The Morgan fingerprint density at radius 2 is 2.04 bits per heavy atom. The smallest absolute Gasteiger partial charge is 0.191 e. The molecule has 1 aromatic heterocycles. The van der Waals surface area contributed by atoms with Crippen molar-refractivity contribution in [3.05, 3.63) is 16.1 Å². The number of hydrogen-bond donors (Lipinski definition) is 2. The van der Waals surface area contributed by atoms with Gasteiger partial charge >= 0.3 is 0 Å². The van der Waals surface area contributed by atoms with Crippen LogP contribution in [0.5, 0.6) is 0 Å². The maximum Gasteiger partial charge on any atom is 0.191 e. The minimum absolute atomic E-state index is 0.104. The monoisotopic (exact) mass is 366 g/mol. The van der Waals surface area contributed by atoms with Crippen LogP contribution in [0.4, 0.5) is 0 Å². The third-order valence-electron chi connectivity index (χ3n) is 4.47. The van der Waals surface area contributed by atoms with Gasteiger partial charge in [0.15, 0.2) is 5.96 Å². The molecule has 1 saturated carbocycles. The maximum absolute atomic E-state index is 5.95. The maximum atomic E-state index is 5.95. The van der Waals surface area contributed by atoms with Crippen molar-refractivity contribution in [1.29, 1.82) is 0 Å². The first-order valence-electron chi connectivity index (χ1n) is 9.50. The minimum atomic E-state index is 0.104. The number of nitrogens with one attached hydrogen (secondary N) is 2. The fourth-order valence-corrected chi connectivity index (χ4v) is 3.84. The first-order valence-corrected chi connectivity index (χ1v) is 10.4. The summed E-state index contributed by atoms with van der Waals surface area (Å²) in [5.41, 5.74) is 1.25. The van der Waals surface area contributed by atoms with Crippen molar-refractivity contribution in [2.24, 2.45) is 4.99 Å². The zero-order valence-electron chi connectivity index (χ0n) is 16.2. The van der Waals surface area contributed by atoms with E-state index in [9.17, 15) is 0 Å². The molecule has 1 aromatic rings. The van der Waals surface area contributed by atoms with E-state index in [1.54, 1.807) is 18.4 Å². The fourth-order valence-electron chi connectivity index (χ4n) is 2.88. The Morgan fingerprint density at radius 3 is 2.68 bits per heavy atom. The number of nitrogens with zero attached hydrogens (tertiary/aromatic N) is 2. The Hall–Kier alpha value is -1.14. The molecule has 2 rings (SSSR count). The molecule has 0 unspecified atom stereocenters. The summed E-state index contributed by atoms with van der Waals surface area (Å²) in [6.07, 6.45) is 8.00. The molecule has 0 bridgehead atoms. The Labute approximate surface area is 156 Å². The molecule has 1 heterocycles. The van der Waals surface area contributed by atoms with Gasteiger partial charge in [-0.15, -0.1) is 11.3 Å². The van der Waals surface area contributed by atoms with Crippen molar-refractivity contribution in [2.75, 3.05) is 20.2 Å². The molecule has 0 spiro atoms. The van der Waals surface area contributed by atoms with Gasteiger partial charge in [-0.2, -0.15) is 0 Å². The van der Waals surface area contributed by atoms with E-state index >= 15 is 0 Å². The molecular formula is C19H34N4OS. The Morgan fingerprint density at radius 1 is 1.28 bits per heavy atom. The normalized spacial score (nSPS) is 16.9. The highest BCUT2D eigenvalue weighted by molar-refractivity contribution is 7.09. The summed E-state index contributed by atoms with van der Waals surface area (Å²) < 4.78 is 5.95. The lowest BCUT2D eigenvalue weighted by atomic mass is 9.93. The molecule has 0 saturated heterocycles. The molecule has 0 aromatic carbocycles. The van der Waals surface area contributed by atoms with E-state index in [1.165, 1.54) is 32.1 Å². The molecule has 0 radical (unpaired) electrons. The summed E-state index contributed by atoms with van der Waals surface area (Å²) in [4.78, 5) is 8.98. The van der Waals surface area contributed by atoms with E-state index in [-0.39, 0.29) is 5.41 Å². The lowest BCUT2D eigenvalue weighted by molar-refractivity contribution is 0.0277. The lowest BCUT2D eigenvalue weighted by Gasteiger charge is -2.22. The van der Waals surface area contributed by atoms with Crippen molar-refractivity contribution in [3.8, 4) is 0 Å². The van der Waals surface area contributed by atoms with Crippen LogP contribution in [0.25, 0.3) is 0 Å². The zero-order valence-corrected chi connectivity index (χ0v) is 17.0. The van der Waals surface area contributed by atoms with Gasteiger partial charge in [0.2, 0.25) is 0 Å². The molecule has 1 fully saturated rings. The van der Waals surface area contributed by atoms with E-state index in [1.807, 2.05) is 0 Å². The van der Waals surface area contributed by atoms with Gasteiger partial charge in [0.25, 0.3) is 0 Å². The quantitative estimate of drug-likeness (QED) is 0.437. The summed E-state index contributed by atoms with van der Waals surface area (Å²) in [6, 6.07) is 0. The van der Waals surface area contributed by atoms with Crippen LogP contribution < -0.4 is 10.6 Å². The molecule has 142 valence electrons. The van der Waals surface area contributed by atoms with Crippen LogP contribution in [-0.4, -0.2) is 37.2 Å². The molecule has 0 amide bonds. The summed E-state index contributed by atoms with van der Waals surface area (Å²) >= 11 is 1.70. The minimum Gasteiger partial charge on any atom is -0.378 e. The molecule has 6 heteroatoms. The van der Waals surface area contributed by atoms with Gasteiger partial charge in [0, 0.05) is 31.0 Å². The van der Waals surface area contributed by atoms with E-state index in [0.29, 0.717) is 12.6 Å².